The van der Waals surface area contributed by atoms with Gasteiger partial charge in [0.2, 0.25) is 11.8 Å². The van der Waals surface area contributed by atoms with Gasteiger partial charge in [-0.25, -0.2) is 0 Å². The SMILES string of the molecule is CC(NC(=O)C1CC(=O)N(c2ccc(N3CCCC3)cc2)C1)c1ccccc1. The molecule has 5 heteroatoms. The maximum absolute atomic E-state index is 12.7. The summed E-state index contributed by atoms with van der Waals surface area (Å²) in [5.74, 6) is -0.348. The molecule has 0 bridgehead atoms. The summed E-state index contributed by atoms with van der Waals surface area (Å²) in [5.41, 5.74) is 3.15. The van der Waals surface area contributed by atoms with Crippen LogP contribution >= 0.6 is 0 Å². The third-order valence-electron chi connectivity index (χ3n) is 5.79. The van der Waals surface area contributed by atoms with Crippen molar-refractivity contribution in [3.05, 3.63) is 60.2 Å². The molecule has 2 amide bonds. The van der Waals surface area contributed by atoms with Crippen molar-refractivity contribution in [1.82, 2.24) is 5.32 Å². The van der Waals surface area contributed by atoms with Gasteiger partial charge in [-0.1, -0.05) is 30.3 Å². The lowest BCUT2D eigenvalue weighted by Gasteiger charge is -2.21. The van der Waals surface area contributed by atoms with Crippen LogP contribution in [0.3, 0.4) is 0 Å². The van der Waals surface area contributed by atoms with Gasteiger partial charge in [0, 0.05) is 37.4 Å². The number of carbonyl (C=O) groups is 2. The Labute approximate surface area is 166 Å². The minimum absolute atomic E-state index is 0.0152. The smallest absolute Gasteiger partial charge is 0.227 e. The fourth-order valence-corrected chi connectivity index (χ4v) is 4.11. The van der Waals surface area contributed by atoms with E-state index in [-0.39, 0.29) is 30.2 Å². The predicted molar refractivity (Wildman–Crippen MR) is 111 cm³/mol. The summed E-state index contributed by atoms with van der Waals surface area (Å²) in [4.78, 5) is 29.3. The number of benzene rings is 2. The Morgan fingerprint density at radius 3 is 2.32 bits per heavy atom. The van der Waals surface area contributed by atoms with Gasteiger partial charge in [0.1, 0.15) is 0 Å². The van der Waals surface area contributed by atoms with Gasteiger partial charge < -0.3 is 15.1 Å². The predicted octanol–water partition coefficient (Wildman–Crippen LogP) is 3.52. The standard InChI is InChI=1S/C23H27N3O2/c1-17(18-7-3-2-4-8-18)24-23(28)19-15-22(27)26(16-19)21-11-9-20(10-12-21)25-13-5-6-14-25/h2-4,7-12,17,19H,5-6,13-16H2,1H3,(H,24,28). The summed E-state index contributed by atoms with van der Waals surface area (Å²) in [5, 5.41) is 3.05. The average Bonchev–Trinajstić information content (AvgIpc) is 3.39. The number of carbonyl (C=O) groups excluding carboxylic acids is 2. The molecule has 28 heavy (non-hydrogen) atoms. The summed E-state index contributed by atoms with van der Waals surface area (Å²) >= 11 is 0. The van der Waals surface area contributed by atoms with Crippen LogP contribution in [0.15, 0.2) is 54.6 Å². The second kappa shape index (κ2) is 8.05. The van der Waals surface area contributed by atoms with Crippen LogP contribution in [0.4, 0.5) is 11.4 Å². The van der Waals surface area contributed by atoms with Crippen molar-refractivity contribution in [3.8, 4) is 0 Å². The maximum Gasteiger partial charge on any atom is 0.227 e. The first-order valence-corrected chi connectivity index (χ1v) is 10.1. The highest BCUT2D eigenvalue weighted by atomic mass is 16.2. The number of nitrogens with one attached hydrogen (secondary N) is 1. The molecule has 2 atom stereocenters. The van der Waals surface area contributed by atoms with Gasteiger partial charge in [0.25, 0.3) is 0 Å². The largest absolute Gasteiger partial charge is 0.372 e. The summed E-state index contributed by atoms with van der Waals surface area (Å²) in [6, 6.07) is 18.0. The molecular formula is C23H27N3O2. The number of rotatable bonds is 5. The summed E-state index contributed by atoms with van der Waals surface area (Å²) in [6.45, 7) is 4.61. The van der Waals surface area contributed by atoms with Crippen molar-refractivity contribution in [2.75, 3.05) is 29.4 Å². The van der Waals surface area contributed by atoms with E-state index in [1.54, 1.807) is 4.90 Å². The van der Waals surface area contributed by atoms with Crippen molar-refractivity contribution in [2.45, 2.75) is 32.2 Å². The molecule has 4 rings (SSSR count). The molecule has 5 nitrogen and oxygen atoms in total. The first kappa shape index (κ1) is 18.5. The van der Waals surface area contributed by atoms with Gasteiger partial charge in [-0.2, -0.15) is 0 Å². The van der Waals surface area contributed by atoms with Crippen LogP contribution in [0.1, 0.15) is 37.8 Å². The lowest BCUT2D eigenvalue weighted by molar-refractivity contribution is -0.126. The lowest BCUT2D eigenvalue weighted by Crippen LogP contribution is -2.34. The summed E-state index contributed by atoms with van der Waals surface area (Å²) in [7, 11) is 0. The van der Waals surface area contributed by atoms with E-state index in [4.69, 9.17) is 0 Å². The minimum Gasteiger partial charge on any atom is -0.372 e. The van der Waals surface area contributed by atoms with Crippen molar-refractivity contribution in [2.24, 2.45) is 5.92 Å². The van der Waals surface area contributed by atoms with Crippen LogP contribution in [0.5, 0.6) is 0 Å². The van der Waals surface area contributed by atoms with Crippen LogP contribution in [0.2, 0.25) is 0 Å². The Morgan fingerprint density at radius 1 is 1.00 bits per heavy atom. The molecule has 2 heterocycles. The Hall–Kier alpha value is -2.82. The molecule has 0 aromatic heterocycles. The third-order valence-corrected chi connectivity index (χ3v) is 5.79. The quantitative estimate of drug-likeness (QED) is 0.867. The van der Waals surface area contributed by atoms with Crippen LogP contribution in [0, 0.1) is 5.92 Å². The number of hydrogen-bond donors (Lipinski definition) is 1. The van der Waals surface area contributed by atoms with Crippen LogP contribution in [-0.4, -0.2) is 31.4 Å². The zero-order valence-electron chi connectivity index (χ0n) is 16.3. The van der Waals surface area contributed by atoms with Crippen molar-refractivity contribution >= 4 is 23.2 Å². The highest BCUT2D eigenvalue weighted by Gasteiger charge is 2.35. The molecule has 2 unspecified atom stereocenters. The zero-order chi connectivity index (χ0) is 19.5. The van der Waals surface area contributed by atoms with Crippen LogP contribution in [-0.2, 0) is 9.59 Å². The number of hydrogen-bond acceptors (Lipinski definition) is 3. The number of anilines is 2. The van der Waals surface area contributed by atoms with E-state index in [1.165, 1.54) is 18.5 Å². The van der Waals surface area contributed by atoms with Crippen molar-refractivity contribution in [3.63, 3.8) is 0 Å². The Bertz CT molecular complexity index is 829. The van der Waals surface area contributed by atoms with Crippen molar-refractivity contribution < 1.29 is 9.59 Å². The normalized spacial score (nSPS) is 20.5. The zero-order valence-corrected chi connectivity index (χ0v) is 16.3. The van der Waals surface area contributed by atoms with E-state index in [9.17, 15) is 9.59 Å². The first-order valence-electron chi connectivity index (χ1n) is 10.1. The summed E-state index contributed by atoms with van der Waals surface area (Å²) in [6.07, 6.45) is 2.75. The molecule has 1 N–H and O–H groups in total. The van der Waals surface area contributed by atoms with E-state index < -0.39 is 0 Å². The molecule has 0 spiro atoms. The molecule has 146 valence electrons. The van der Waals surface area contributed by atoms with Gasteiger partial charge in [-0.15, -0.1) is 0 Å². The molecule has 0 aliphatic carbocycles. The molecular weight excluding hydrogens is 350 g/mol. The van der Waals surface area contributed by atoms with Gasteiger partial charge in [-0.3, -0.25) is 9.59 Å². The topological polar surface area (TPSA) is 52.7 Å². The highest BCUT2D eigenvalue weighted by Crippen LogP contribution is 2.29. The van der Waals surface area contributed by atoms with E-state index in [1.807, 2.05) is 49.4 Å². The fraction of sp³-hybridized carbons (Fsp3) is 0.391. The molecule has 2 fully saturated rings. The second-order valence-electron chi connectivity index (χ2n) is 7.76. The molecule has 0 saturated carbocycles. The lowest BCUT2D eigenvalue weighted by atomic mass is 10.1. The Morgan fingerprint density at radius 2 is 1.64 bits per heavy atom. The van der Waals surface area contributed by atoms with Gasteiger partial charge in [0.15, 0.2) is 0 Å². The number of amides is 2. The van der Waals surface area contributed by atoms with E-state index in [0.29, 0.717) is 6.54 Å². The summed E-state index contributed by atoms with van der Waals surface area (Å²) < 4.78 is 0. The van der Waals surface area contributed by atoms with Gasteiger partial charge in [0.05, 0.1) is 12.0 Å². The van der Waals surface area contributed by atoms with Gasteiger partial charge in [-0.05, 0) is 49.6 Å². The fourth-order valence-electron chi connectivity index (χ4n) is 4.11. The Kier molecular flexibility index (Phi) is 5.33. The molecule has 2 aromatic carbocycles. The second-order valence-corrected chi connectivity index (χ2v) is 7.76. The van der Waals surface area contributed by atoms with E-state index in [2.05, 4.69) is 22.3 Å². The number of nitrogens with zero attached hydrogens (tertiary/aromatic N) is 2. The molecule has 2 saturated heterocycles. The van der Waals surface area contributed by atoms with Crippen LogP contribution in [0.25, 0.3) is 0 Å². The molecule has 2 aliphatic heterocycles. The maximum atomic E-state index is 12.7. The van der Waals surface area contributed by atoms with Gasteiger partial charge >= 0.3 is 0 Å². The van der Waals surface area contributed by atoms with Crippen molar-refractivity contribution in [1.29, 1.82) is 0 Å². The minimum atomic E-state index is -0.308. The molecule has 0 radical (unpaired) electrons. The van der Waals surface area contributed by atoms with E-state index in [0.717, 1.165) is 24.3 Å². The Balaban J connectivity index is 1.38. The third kappa shape index (κ3) is 3.88. The van der Waals surface area contributed by atoms with Crippen LogP contribution < -0.4 is 15.1 Å². The monoisotopic (exact) mass is 377 g/mol. The van der Waals surface area contributed by atoms with E-state index >= 15 is 0 Å². The highest BCUT2D eigenvalue weighted by molar-refractivity contribution is 6.00. The molecule has 2 aromatic rings. The average molecular weight is 377 g/mol. The first-order chi connectivity index (χ1) is 13.6. The molecule has 2 aliphatic rings.